The Morgan fingerprint density at radius 2 is 1.85 bits per heavy atom. The van der Waals surface area contributed by atoms with Gasteiger partial charge in [-0.05, 0) is 63.5 Å². The summed E-state index contributed by atoms with van der Waals surface area (Å²) in [4.78, 5) is 15.0. The smallest absolute Gasteiger partial charge is 0.168 e. The number of hydrogen-bond acceptors (Lipinski definition) is 6. The van der Waals surface area contributed by atoms with Crippen molar-refractivity contribution in [2.24, 2.45) is 0 Å². The van der Waals surface area contributed by atoms with Crippen molar-refractivity contribution in [1.29, 1.82) is 0 Å². The number of nitrogens with zero attached hydrogens (tertiary/aromatic N) is 6. The van der Waals surface area contributed by atoms with Crippen LogP contribution in [0.4, 0.5) is 5.82 Å². The molecular weight excluding hydrogens is 344 g/mol. The van der Waals surface area contributed by atoms with Crippen molar-refractivity contribution in [3.8, 4) is 5.69 Å². The molecule has 26 heavy (non-hydrogen) atoms. The summed E-state index contributed by atoms with van der Waals surface area (Å²) in [6.07, 6.45) is 7.93. The molecule has 1 aliphatic heterocycles. The van der Waals surface area contributed by atoms with Gasteiger partial charge in [0.15, 0.2) is 5.65 Å². The number of thioether (sulfide) groups is 1. The quantitative estimate of drug-likeness (QED) is 0.660. The van der Waals surface area contributed by atoms with Crippen LogP contribution in [0.5, 0.6) is 0 Å². The molecule has 1 aromatic carbocycles. The van der Waals surface area contributed by atoms with Gasteiger partial charge in [-0.2, -0.15) is 5.10 Å². The highest BCUT2D eigenvalue weighted by molar-refractivity contribution is 7.98. The van der Waals surface area contributed by atoms with Crippen LogP contribution in [-0.2, 0) is 0 Å². The predicted octanol–water partition coefficient (Wildman–Crippen LogP) is 3.07. The minimum absolute atomic E-state index is 0.508. The molecule has 0 atom stereocenters. The molecule has 0 bridgehead atoms. The van der Waals surface area contributed by atoms with E-state index in [2.05, 4.69) is 69.5 Å². The number of piperidine rings is 1. The average Bonchev–Trinajstić information content (AvgIpc) is 3.12. The number of fused-ring (bicyclic) bond motifs is 1. The molecule has 3 heterocycles. The zero-order valence-corrected chi connectivity index (χ0v) is 16.3. The van der Waals surface area contributed by atoms with E-state index in [0.29, 0.717) is 6.04 Å². The molecule has 0 unspecified atom stereocenters. The van der Waals surface area contributed by atoms with E-state index in [9.17, 15) is 0 Å². The Kier molecular flexibility index (Phi) is 4.82. The highest BCUT2D eigenvalue weighted by atomic mass is 32.2. The van der Waals surface area contributed by atoms with Crippen molar-refractivity contribution in [2.75, 3.05) is 38.3 Å². The van der Waals surface area contributed by atoms with Gasteiger partial charge < -0.3 is 9.80 Å². The van der Waals surface area contributed by atoms with Crippen molar-refractivity contribution < 1.29 is 0 Å². The first-order chi connectivity index (χ1) is 12.7. The second kappa shape index (κ2) is 7.25. The number of benzene rings is 1. The Hall–Kier alpha value is -2.12. The van der Waals surface area contributed by atoms with Crippen molar-refractivity contribution >= 4 is 28.6 Å². The predicted molar refractivity (Wildman–Crippen MR) is 107 cm³/mol. The van der Waals surface area contributed by atoms with Crippen LogP contribution >= 0.6 is 11.8 Å². The average molecular weight is 369 g/mol. The summed E-state index contributed by atoms with van der Waals surface area (Å²) in [5.74, 6) is 0.969. The topological polar surface area (TPSA) is 50.1 Å². The Morgan fingerprint density at radius 1 is 1.12 bits per heavy atom. The van der Waals surface area contributed by atoms with E-state index in [1.165, 1.54) is 4.90 Å². The normalized spacial score (nSPS) is 16.3. The summed E-state index contributed by atoms with van der Waals surface area (Å²) in [5.41, 5.74) is 1.87. The minimum atomic E-state index is 0.508. The lowest BCUT2D eigenvalue weighted by atomic mass is 10.0. The van der Waals surface area contributed by atoms with E-state index < -0.39 is 0 Å². The first-order valence-corrected chi connectivity index (χ1v) is 10.1. The second-order valence-electron chi connectivity index (χ2n) is 6.83. The molecule has 2 aromatic heterocycles. The lowest BCUT2D eigenvalue weighted by Crippen LogP contribution is -2.42. The van der Waals surface area contributed by atoms with Gasteiger partial charge in [-0.15, -0.1) is 11.8 Å². The highest BCUT2D eigenvalue weighted by Gasteiger charge is 2.23. The fourth-order valence-electron chi connectivity index (χ4n) is 3.58. The molecule has 0 amide bonds. The maximum atomic E-state index is 4.59. The van der Waals surface area contributed by atoms with Crippen LogP contribution in [0, 0.1) is 0 Å². The van der Waals surface area contributed by atoms with Gasteiger partial charge in [0.1, 0.15) is 12.1 Å². The van der Waals surface area contributed by atoms with Crippen molar-refractivity contribution in [2.45, 2.75) is 23.8 Å². The van der Waals surface area contributed by atoms with E-state index >= 15 is 0 Å². The molecule has 3 aromatic rings. The van der Waals surface area contributed by atoms with Crippen molar-refractivity contribution in [1.82, 2.24) is 24.6 Å². The number of anilines is 1. The maximum Gasteiger partial charge on any atom is 0.168 e. The third-order valence-corrected chi connectivity index (χ3v) is 5.98. The summed E-state index contributed by atoms with van der Waals surface area (Å²) in [7, 11) is 4.33. The number of aromatic nitrogens is 4. The molecule has 1 fully saturated rings. The van der Waals surface area contributed by atoms with Gasteiger partial charge in [-0.25, -0.2) is 14.6 Å². The van der Waals surface area contributed by atoms with Gasteiger partial charge in [-0.1, -0.05) is 0 Å². The summed E-state index contributed by atoms with van der Waals surface area (Å²) < 4.78 is 1.90. The maximum absolute atomic E-state index is 4.59. The number of rotatable bonds is 4. The van der Waals surface area contributed by atoms with Gasteiger partial charge >= 0.3 is 0 Å². The van der Waals surface area contributed by atoms with Gasteiger partial charge in [0, 0.05) is 18.0 Å². The Bertz CT molecular complexity index is 883. The molecule has 0 N–H and O–H groups in total. The van der Waals surface area contributed by atoms with Crippen LogP contribution in [0.15, 0.2) is 41.7 Å². The number of likely N-dealkylation sites (tertiary alicyclic amines) is 1. The fourth-order valence-corrected chi connectivity index (χ4v) is 3.99. The fraction of sp³-hybridized carbons (Fsp3) is 0.421. The van der Waals surface area contributed by atoms with Gasteiger partial charge in [-0.3, -0.25) is 0 Å². The van der Waals surface area contributed by atoms with Crippen LogP contribution in [0.3, 0.4) is 0 Å². The Balaban J connectivity index is 1.68. The molecule has 4 rings (SSSR count). The zero-order valence-electron chi connectivity index (χ0n) is 15.5. The van der Waals surface area contributed by atoms with Crippen LogP contribution in [0.1, 0.15) is 12.8 Å². The van der Waals surface area contributed by atoms with Crippen molar-refractivity contribution in [3.05, 3.63) is 36.8 Å². The molecule has 0 spiro atoms. The molecule has 0 radical (unpaired) electrons. The van der Waals surface area contributed by atoms with E-state index in [4.69, 9.17) is 0 Å². The highest BCUT2D eigenvalue weighted by Crippen LogP contribution is 2.28. The van der Waals surface area contributed by atoms with Crippen LogP contribution in [0.25, 0.3) is 16.7 Å². The first-order valence-electron chi connectivity index (χ1n) is 8.92. The summed E-state index contributed by atoms with van der Waals surface area (Å²) in [6.45, 7) is 2.26. The molecule has 0 saturated carbocycles. The summed E-state index contributed by atoms with van der Waals surface area (Å²) in [5, 5.41) is 5.60. The van der Waals surface area contributed by atoms with Crippen molar-refractivity contribution in [3.63, 3.8) is 0 Å². The summed E-state index contributed by atoms with van der Waals surface area (Å²) >= 11 is 1.74. The second-order valence-corrected chi connectivity index (χ2v) is 7.71. The first kappa shape index (κ1) is 17.3. The van der Waals surface area contributed by atoms with E-state index in [1.54, 1.807) is 18.1 Å². The monoisotopic (exact) mass is 368 g/mol. The van der Waals surface area contributed by atoms with Gasteiger partial charge in [0.2, 0.25) is 0 Å². The van der Waals surface area contributed by atoms with Crippen LogP contribution in [-0.4, -0.2) is 64.1 Å². The minimum Gasteiger partial charge on any atom is -0.356 e. The molecule has 1 saturated heterocycles. The van der Waals surface area contributed by atoms with E-state index in [0.717, 1.165) is 48.5 Å². The van der Waals surface area contributed by atoms with E-state index in [1.807, 2.05) is 10.9 Å². The largest absolute Gasteiger partial charge is 0.356 e. The molecule has 7 heteroatoms. The molecule has 136 valence electrons. The molecule has 0 aliphatic carbocycles. The molecule has 1 aliphatic rings. The third kappa shape index (κ3) is 3.17. The van der Waals surface area contributed by atoms with Gasteiger partial charge in [0.25, 0.3) is 0 Å². The lowest BCUT2D eigenvalue weighted by Gasteiger charge is -2.35. The Labute approximate surface area is 158 Å². The number of hydrogen-bond donors (Lipinski definition) is 0. The lowest BCUT2D eigenvalue weighted by molar-refractivity contribution is 0.252. The van der Waals surface area contributed by atoms with Gasteiger partial charge in [0.05, 0.1) is 17.3 Å². The molecule has 6 nitrogen and oxygen atoms in total. The van der Waals surface area contributed by atoms with Crippen LogP contribution < -0.4 is 4.90 Å². The van der Waals surface area contributed by atoms with Crippen LogP contribution in [0.2, 0.25) is 0 Å². The molecular formula is C19H24N6S. The standard InChI is InChI=1S/C19H24N6S/c1-23-10-8-14(9-11-23)24(2)18-17-12-22-25(19(17)21-13-20-18)15-4-6-16(26-3)7-5-15/h4-7,12-14H,8-11H2,1-3H3. The Morgan fingerprint density at radius 3 is 2.54 bits per heavy atom. The third-order valence-electron chi connectivity index (χ3n) is 5.23. The zero-order chi connectivity index (χ0) is 18.1. The SMILES string of the molecule is CSc1ccc(-n2ncc3c(N(C)C4CCN(C)CC4)ncnc32)cc1. The van der Waals surface area contributed by atoms with E-state index in [-0.39, 0.29) is 0 Å². The summed E-state index contributed by atoms with van der Waals surface area (Å²) in [6, 6.07) is 8.90.